The van der Waals surface area contributed by atoms with Gasteiger partial charge in [0.05, 0.1) is 0 Å². The predicted molar refractivity (Wildman–Crippen MR) is 105 cm³/mol. The van der Waals surface area contributed by atoms with E-state index in [9.17, 15) is 14.4 Å². The normalized spacial score (nSPS) is 30.0. The van der Waals surface area contributed by atoms with Crippen LogP contribution in [0.4, 0.5) is 0 Å². The molecule has 1 aromatic rings. The summed E-state index contributed by atoms with van der Waals surface area (Å²) in [5.74, 6) is 0.0168. The first-order valence-electron chi connectivity index (χ1n) is 10.8. The summed E-state index contributed by atoms with van der Waals surface area (Å²) in [7, 11) is 0. The quantitative estimate of drug-likeness (QED) is 0.785. The number of hydrogen-bond acceptors (Lipinski definition) is 5. The molecule has 3 aliphatic heterocycles. The Kier molecular flexibility index (Phi) is 4.78. The number of carbonyl (C=O) groups is 3. The minimum Gasteiger partial charge on any atom is -0.489 e. The number of likely N-dealkylation sites (tertiary alicyclic amines) is 1. The molecule has 3 heterocycles. The molecular formula is C22H27N3O4. The first-order chi connectivity index (χ1) is 14.1. The van der Waals surface area contributed by atoms with Crippen molar-refractivity contribution in [3.8, 4) is 5.75 Å². The fourth-order valence-electron chi connectivity index (χ4n) is 5.33. The Labute approximate surface area is 170 Å². The Morgan fingerprint density at radius 2 is 1.83 bits per heavy atom. The lowest BCUT2D eigenvalue weighted by Crippen LogP contribution is -2.52. The molecule has 7 nitrogen and oxygen atoms in total. The van der Waals surface area contributed by atoms with E-state index in [1.165, 1.54) is 38.8 Å². The van der Waals surface area contributed by atoms with Crippen LogP contribution in [-0.4, -0.2) is 58.8 Å². The lowest BCUT2D eigenvalue weighted by molar-refractivity contribution is -0.136. The highest BCUT2D eigenvalue weighted by Crippen LogP contribution is 2.34. The van der Waals surface area contributed by atoms with Gasteiger partial charge in [0.1, 0.15) is 17.9 Å². The van der Waals surface area contributed by atoms with Crippen molar-refractivity contribution in [2.24, 2.45) is 0 Å². The molecule has 1 aromatic carbocycles. The van der Waals surface area contributed by atoms with E-state index in [2.05, 4.69) is 10.2 Å². The third kappa shape index (κ3) is 3.41. The molecule has 3 amide bonds. The molecule has 1 N–H and O–H groups in total. The standard InChI is InChI=1S/C22H27N3O4/c26-20-9-8-18(21(27)23-20)25-13-14-12-15(6-7-16(14)22(25)28)29-19-5-3-4-17(19)24-10-1-2-11-24/h6-7,12,17-19H,1-5,8-11,13H2,(H,23,26,27)/t17-,18?,19-/m1/s1. The van der Waals surface area contributed by atoms with Gasteiger partial charge < -0.3 is 9.64 Å². The van der Waals surface area contributed by atoms with Gasteiger partial charge in [-0.3, -0.25) is 24.6 Å². The van der Waals surface area contributed by atoms with Crippen LogP contribution in [0.15, 0.2) is 18.2 Å². The molecule has 7 heteroatoms. The van der Waals surface area contributed by atoms with Crippen molar-refractivity contribution in [1.82, 2.24) is 15.1 Å². The van der Waals surface area contributed by atoms with E-state index < -0.39 is 6.04 Å². The molecule has 1 saturated carbocycles. The van der Waals surface area contributed by atoms with Crippen LogP contribution in [-0.2, 0) is 16.1 Å². The Morgan fingerprint density at radius 1 is 1.00 bits per heavy atom. The van der Waals surface area contributed by atoms with Crippen LogP contribution in [0.25, 0.3) is 0 Å². The summed E-state index contributed by atoms with van der Waals surface area (Å²) in [6.07, 6.45) is 6.86. The highest BCUT2D eigenvalue weighted by molar-refractivity contribution is 6.05. The van der Waals surface area contributed by atoms with Crippen LogP contribution in [0.1, 0.15) is 60.9 Å². The number of ether oxygens (including phenoxy) is 1. The zero-order valence-electron chi connectivity index (χ0n) is 16.6. The van der Waals surface area contributed by atoms with Crippen LogP contribution in [0.2, 0.25) is 0 Å². The number of imide groups is 1. The molecule has 3 fully saturated rings. The highest BCUT2D eigenvalue weighted by Gasteiger charge is 2.39. The smallest absolute Gasteiger partial charge is 0.255 e. The summed E-state index contributed by atoms with van der Waals surface area (Å²) in [4.78, 5) is 40.6. The van der Waals surface area contributed by atoms with Gasteiger partial charge in [0, 0.05) is 24.6 Å². The summed E-state index contributed by atoms with van der Waals surface area (Å²) < 4.78 is 6.38. The number of amides is 3. The number of carbonyl (C=O) groups excluding carboxylic acids is 3. The van der Waals surface area contributed by atoms with Crippen molar-refractivity contribution < 1.29 is 19.1 Å². The van der Waals surface area contributed by atoms with Gasteiger partial charge >= 0.3 is 0 Å². The average molecular weight is 397 g/mol. The maximum atomic E-state index is 12.8. The number of fused-ring (bicyclic) bond motifs is 1. The first kappa shape index (κ1) is 18.6. The summed E-state index contributed by atoms with van der Waals surface area (Å²) in [6, 6.07) is 5.57. The van der Waals surface area contributed by atoms with Gasteiger partial charge in [0.2, 0.25) is 11.8 Å². The Balaban J connectivity index is 1.30. The second-order valence-corrected chi connectivity index (χ2v) is 8.62. The van der Waals surface area contributed by atoms with Gasteiger partial charge in [-0.25, -0.2) is 0 Å². The van der Waals surface area contributed by atoms with Crippen LogP contribution < -0.4 is 10.1 Å². The second-order valence-electron chi connectivity index (χ2n) is 8.62. The van der Waals surface area contributed by atoms with Crippen molar-refractivity contribution in [3.05, 3.63) is 29.3 Å². The fourth-order valence-corrected chi connectivity index (χ4v) is 5.33. The van der Waals surface area contributed by atoms with Crippen molar-refractivity contribution >= 4 is 17.7 Å². The highest BCUT2D eigenvalue weighted by atomic mass is 16.5. The van der Waals surface area contributed by atoms with Crippen LogP contribution in [0.3, 0.4) is 0 Å². The molecule has 0 spiro atoms. The summed E-state index contributed by atoms with van der Waals surface area (Å²) in [5.41, 5.74) is 1.53. The maximum Gasteiger partial charge on any atom is 0.255 e. The molecule has 3 atom stereocenters. The topological polar surface area (TPSA) is 79.0 Å². The minimum absolute atomic E-state index is 0.142. The summed E-state index contributed by atoms with van der Waals surface area (Å²) in [6.45, 7) is 2.73. The van der Waals surface area contributed by atoms with Crippen LogP contribution in [0.5, 0.6) is 5.75 Å². The van der Waals surface area contributed by atoms with E-state index in [4.69, 9.17) is 4.74 Å². The monoisotopic (exact) mass is 397 g/mol. The third-order valence-electron chi connectivity index (χ3n) is 6.81. The van der Waals surface area contributed by atoms with E-state index in [1.807, 2.05) is 18.2 Å². The van der Waals surface area contributed by atoms with Gasteiger partial charge in [0.15, 0.2) is 0 Å². The molecule has 154 valence electrons. The Hall–Kier alpha value is -2.41. The van der Waals surface area contributed by atoms with Crippen LogP contribution >= 0.6 is 0 Å². The van der Waals surface area contributed by atoms with E-state index in [0.29, 0.717) is 24.6 Å². The predicted octanol–water partition coefficient (Wildman–Crippen LogP) is 1.84. The van der Waals surface area contributed by atoms with Crippen molar-refractivity contribution in [2.45, 2.75) is 69.7 Å². The number of benzene rings is 1. The minimum atomic E-state index is -0.577. The number of piperidine rings is 1. The zero-order chi connectivity index (χ0) is 20.0. The van der Waals surface area contributed by atoms with E-state index >= 15 is 0 Å². The van der Waals surface area contributed by atoms with Gasteiger partial charge in [-0.1, -0.05) is 0 Å². The summed E-state index contributed by atoms with van der Waals surface area (Å²) in [5, 5.41) is 2.34. The molecule has 4 aliphatic rings. The summed E-state index contributed by atoms with van der Waals surface area (Å²) >= 11 is 0. The molecule has 0 bridgehead atoms. The number of nitrogens with one attached hydrogen (secondary N) is 1. The second kappa shape index (κ2) is 7.44. The van der Waals surface area contributed by atoms with E-state index in [0.717, 1.165) is 17.7 Å². The first-order valence-corrected chi connectivity index (χ1v) is 10.8. The molecule has 1 unspecified atom stereocenters. The SMILES string of the molecule is O=C1CCC(N2Cc3cc(O[C@@H]4CCC[C@H]4N4CCCC4)ccc3C2=O)C(=O)N1. The number of rotatable bonds is 4. The third-order valence-corrected chi connectivity index (χ3v) is 6.81. The van der Waals surface area contributed by atoms with Crippen molar-refractivity contribution in [1.29, 1.82) is 0 Å². The number of nitrogens with zero attached hydrogens (tertiary/aromatic N) is 2. The van der Waals surface area contributed by atoms with Gasteiger partial charge in [-0.05, 0) is 75.4 Å². The lowest BCUT2D eigenvalue weighted by Gasteiger charge is -2.29. The van der Waals surface area contributed by atoms with Gasteiger partial charge in [0.25, 0.3) is 5.91 Å². The van der Waals surface area contributed by atoms with Gasteiger partial charge in [-0.2, -0.15) is 0 Å². The maximum absolute atomic E-state index is 12.8. The number of hydrogen-bond donors (Lipinski definition) is 1. The average Bonchev–Trinajstić information content (AvgIpc) is 3.43. The Morgan fingerprint density at radius 3 is 2.62 bits per heavy atom. The zero-order valence-corrected chi connectivity index (χ0v) is 16.6. The lowest BCUT2D eigenvalue weighted by atomic mass is 10.0. The molecule has 1 aliphatic carbocycles. The largest absolute Gasteiger partial charge is 0.489 e. The van der Waals surface area contributed by atoms with Crippen LogP contribution in [0, 0.1) is 0 Å². The molecule has 0 radical (unpaired) electrons. The van der Waals surface area contributed by atoms with Crippen molar-refractivity contribution in [2.75, 3.05) is 13.1 Å². The molecule has 2 saturated heterocycles. The molecule has 5 rings (SSSR count). The van der Waals surface area contributed by atoms with Gasteiger partial charge in [-0.15, -0.1) is 0 Å². The Bertz CT molecular complexity index is 848. The van der Waals surface area contributed by atoms with E-state index in [1.54, 1.807) is 4.90 Å². The molecule has 29 heavy (non-hydrogen) atoms. The molecule has 0 aromatic heterocycles. The van der Waals surface area contributed by atoms with Crippen molar-refractivity contribution in [3.63, 3.8) is 0 Å². The van der Waals surface area contributed by atoms with E-state index in [-0.39, 0.29) is 30.2 Å². The fraction of sp³-hybridized carbons (Fsp3) is 0.591. The molecular weight excluding hydrogens is 370 g/mol.